The van der Waals surface area contributed by atoms with Gasteiger partial charge in [-0.15, -0.1) is 0 Å². The van der Waals surface area contributed by atoms with E-state index in [-0.39, 0.29) is 5.91 Å². The van der Waals surface area contributed by atoms with Crippen molar-refractivity contribution < 1.29 is 9.53 Å². The van der Waals surface area contributed by atoms with Crippen LogP contribution in [0.25, 0.3) is 0 Å². The highest BCUT2D eigenvalue weighted by atomic mass is 16.5. The minimum Gasteiger partial charge on any atom is -0.378 e. The fraction of sp³-hybridized carbons (Fsp3) is 0.923. The van der Waals surface area contributed by atoms with Gasteiger partial charge in [-0.05, 0) is 33.2 Å². The molecular formula is C13H26N2O2. The van der Waals surface area contributed by atoms with Crippen LogP contribution in [0.5, 0.6) is 0 Å². The summed E-state index contributed by atoms with van der Waals surface area (Å²) in [6, 6.07) is 0. The molecule has 1 rings (SSSR count). The molecule has 1 atom stereocenters. The minimum atomic E-state index is -0.648. The highest BCUT2D eigenvalue weighted by Gasteiger charge is 2.28. The molecule has 0 aromatic heterocycles. The van der Waals surface area contributed by atoms with Crippen LogP contribution in [0.15, 0.2) is 0 Å². The van der Waals surface area contributed by atoms with Crippen molar-refractivity contribution in [3.8, 4) is 0 Å². The summed E-state index contributed by atoms with van der Waals surface area (Å²) in [6.07, 6.45) is 8.53. The predicted octanol–water partition coefficient (Wildman–Crippen LogP) is 1.58. The number of nitrogens with two attached hydrogens (primary N) is 1. The van der Waals surface area contributed by atoms with Gasteiger partial charge in [-0.2, -0.15) is 0 Å². The van der Waals surface area contributed by atoms with Crippen LogP contribution in [0.2, 0.25) is 0 Å². The summed E-state index contributed by atoms with van der Waals surface area (Å²) in [5.74, 6) is -0.315. The lowest BCUT2D eigenvalue weighted by Gasteiger charge is -2.26. The third kappa shape index (κ3) is 4.64. The van der Waals surface area contributed by atoms with E-state index in [1.807, 2.05) is 6.92 Å². The molecule has 0 radical (unpaired) electrons. The number of nitrogens with one attached hydrogen (secondary N) is 1. The zero-order valence-electron chi connectivity index (χ0n) is 11.1. The van der Waals surface area contributed by atoms with Crippen molar-refractivity contribution in [2.75, 3.05) is 13.7 Å². The summed E-state index contributed by atoms with van der Waals surface area (Å²) in [6.45, 7) is 2.43. The monoisotopic (exact) mass is 242 g/mol. The number of carbonyl (C=O) groups excluding carboxylic acids is 1. The van der Waals surface area contributed by atoms with E-state index in [4.69, 9.17) is 10.5 Å². The van der Waals surface area contributed by atoms with Crippen LogP contribution in [0.1, 0.15) is 51.9 Å². The molecule has 3 N–H and O–H groups in total. The Balaban J connectivity index is 2.28. The van der Waals surface area contributed by atoms with Gasteiger partial charge in [-0.1, -0.05) is 25.7 Å². The van der Waals surface area contributed by atoms with E-state index in [9.17, 15) is 4.79 Å². The van der Waals surface area contributed by atoms with Crippen LogP contribution in [0.3, 0.4) is 0 Å². The second kappa shape index (κ2) is 6.97. The van der Waals surface area contributed by atoms with E-state index in [0.29, 0.717) is 19.1 Å². The van der Waals surface area contributed by atoms with E-state index in [0.717, 1.165) is 12.8 Å². The molecule has 0 aromatic rings. The van der Waals surface area contributed by atoms with Crippen molar-refractivity contribution in [1.29, 1.82) is 0 Å². The van der Waals surface area contributed by atoms with Crippen LogP contribution in [0, 0.1) is 0 Å². The molecule has 1 amide bonds. The zero-order valence-corrected chi connectivity index (χ0v) is 11.1. The van der Waals surface area contributed by atoms with Crippen molar-refractivity contribution in [1.82, 2.24) is 5.32 Å². The Morgan fingerprint density at radius 3 is 2.41 bits per heavy atom. The van der Waals surface area contributed by atoms with Gasteiger partial charge in [-0.25, -0.2) is 0 Å². The zero-order chi connectivity index (χ0) is 12.7. The van der Waals surface area contributed by atoms with Crippen LogP contribution >= 0.6 is 0 Å². The fourth-order valence-electron chi connectivity index (χ4n) is 2.21. The summed E-state index contributed by atoms with van der Waals surface area (Å²) in [5, 5.41) is 2.97. The summed E-state index contributed by atoms with van der Waals surface area (Å²) < 4.78 is 5.86. The Morgan fingerprint density at radius 2 is 1.94 bits per heavy atom. The molecule has 1 unspecified atom stereocenters. The number of carbonyl (C=O) groups is 1. The molecule has 4 nitrogen and oxygen atoms in total. The van der Waals surface area contributed by atoms with Crippen LogP contribution in [-0.2, 0) is 9.53 Å². The number of ether oxygens (including phenoxy) is 1. The van der Waals surface area contributed by atoms with E-state index >= 15 is 0 Å². The third-order valence-electron chi connectivity index (χ3n) is 3.85. The van der Waals surface area contributed by atoms with E-state index < -0.39 is 5.54 Å². The van der Waals surface area contributed by atoms with Gasteiger partial charge < -0.3 is 15.8 Å². The lowest BCUT2D eigenvalue weighted by molar-refractivity contribution is -0.124. The molecule has 0 saturated heterocycles. The topological polar surface area (TPSA) is 64.3 Å². The standard InChI is InChI=1S/C13H26N2O2/c1-13(15-2,12(14)16)9-10-17-11-7-5-3-4-6-8-11/h11,15H,3-10H2,1-2H3,(H2,14,16). The van der Waals surface area contributed by atoms with Gasteiger partial charge in [0.1, 0.15) is 0 Å². The smallest absolute Gasteiger partial charge is 0.237 e. The fourth-order valence-corrected chi connectivity index (χ4v) is 2.21. The van der Waals surface area contributed by atoms with E-state index in [1.165, 1.54) is 25.7 Å². The molecule has 1 aliphatic rings. The first-order valence-electron chi connectivity index (χ1n) is 6.69. The van der Waals surface area contributed by atoms with Gasteiger partial charge in [0, 0.05) is 6.61 Å². The van der Waals surface area contributed by atoms with Gasteiger partial charge in [0.2, 0.25) is 5.91 Å². The Bertz CT molecular complexity index is 238. The molecule has 1 saturated carbocycles. The van der Waals surface area contributed by atoms with Crippen LogP contribution in [0.4, 0.5) is 0 Å². The van der Waals surface area contributed by atoms with Crippen molar-refractivity contribution >= 4 is 5.91 Å². The number of amides is 1. The molecule has 0 heterocycles. The van der Waals surface area contributed by atoms with Gasteiger partial charge in [0.05, 0.1) is 11.6 Å². The van der Waals surface area contributed by atoms with E-state index in [1.54, 1.807) is 7.05 Å². The summed E-state index contributed by atoms with van der Waals surface area (Å²) >= 11 is 0. The van der Waals surface area contributed by atoms with Crippen molar-refractivity contribution in [3.63, 3.8) is 0 Å². The molecule has 0 aromatic carbocycles. The van der Waals surface area contributed by atoms with Gasteiger partial charge in [-0.3, -0.25) is 4.79 Å². The van der Waals surface area contributed by atoms with Crippen LogP contribution < -0.4 is 11.1 Å². The van der Waals surface area contributed by atoms with Crippen molar-refractivity contribution in [2.24, 2.45) is 5.73 Å². The van der Waals surface area contributed by atoms with Gasteiger partial charge >= 0.3 is 0 Å². The molecular weight excluding hydrogens is 216 g/mol. The third-order valence-corrected chi connectivity index (χ3v) is 3.85. The molecule has 1 aliphatic carbocycles. The average Bonchev–Trinajstić information content (AvgIpc) is 2.57. The lowest BCUT2D eigenvalue weighted by Crippen LogP contribution is -2.52. The second-order valence-electron chi connectivity index (χ2n) is 5.18. The molecule has 17 heavy (non-hydrogen) atoms. The molecule has 100 valence electrons. The normalized spacial score (nSPS) is 21.8. The first-order valence-corrected chi connectivity index (χ1v) is 6.69. The Labute approximate surface area is 104 Å². The maximum absolute atomic E-state index is 11.3. The maximum atomic E-state index is 11.3. The number of rotatable bonds is 6. The summed E-state index contributed by atoms with van der Waals surface area (Å²) in [5.41, 5.74) is 4.72. The highest BCUT2D eigenvalue weighted by molar-refractivity contribution is 5.84. The number of likely N-dealkylation sites (N-methyl/N-ethyl adjacent to an activating group) is 1. The molecule has 4 heteroatoms. The first kappa shape index (κ1) is 14.5. The summed E-state index contributed by atoms with van der Waals surface area (Å²) in [4.78, 5) is 11.3. The van der Waals surface area contributed by atoms with E-state index in [2.05, 4.69) is 5.32 Å². The molecule has 0 aliphatic heterocycles. The SMILES string of the molecule is CNC(C)(CCOC1CCCCCC1)C(N)=O. The number of hydrogen-bond acceptors (Lipinski definition) is 3. The minimum absolute atomic E-state index is 0.315. The molecule has 1 fully saturated rings. The number of primary amides is 1. The quantitative estimate of drug-likeness (QED) is 0.695. The van der Waals surface area contributed by atoms with Crippen LogP contribution in [-0.4, -0.2) is 31.2 Å². The maximum Gasteiger partial charge on any atom is 0.237 e. The Kier molecular flexibility index (Phi) is 5.92. The number of hydrogen-bond donors (Lipinski definition) is 2. The second-order valence-corrected chi connectivity index (χ2v) is 5.18. The Morgan fingerprint density at radius 1 is 1.35 bits per heavy atom. The van der Waals surface area contributed by atoms with Crippen molar-refractivity contribution in [3.05, 3.63) is 0 Å². The van der Waals surface area contributed by atoms with Gasteiger partial charge in [0.15, 0.2) is 0 Å². The first-order chi connectivity index (χ1) is 8.08. The highest BCUT2D eigenvalue weighted by Crippen LogP contribution is 2.20. The van der Waals surface area contributed by atoms with Crippen molar-refractivity contribution in [2.45, 2.75) is 63.5 Å². The molecule has 0 spiro atoms. The average molecular weight is 242 g/mol. The summed E-state index contributed by atoms with van der Waals surface area (Å²) in [7, 11) is 1.76. The molecule has 0 bridgehead atoms. The Hall–Kier alpha value is -0.610. The predicted molar refractivity (Wildman–Crippen MR) is 68.7 cm³/mol. The largest absolute Gasteiger partial charge is 0.378 e. The lowest BCUT2D eigenvalue weighted by atomic mass is 9.98. The van der Waals surface area contributed by atoms with Gasteiger partial charge in [0.25, 0.3) is 0 Å².